The number of rotatable bonds is 8. The first-order valence-corrected chi connectivity index (χ1v) is 14.1. The standard InChI is InChI=1S/C28H28N6O6S/c1-17-7-5-8-18(2)25(17)23-12-24(31-28(30-23)32-41(37,38)22-13-29-33(3)16-22)40-21-14-34(15-21)26(35)19-9-6-10-20(11-19)27(36)39-4/h5-13,16,21H,14-15H2,1-4H3,(H,30,31,32). The zero-order chi connectivity index (χ0) is 29.3. The number of methoxy groups -OCH3 is 1. The van der Waals surface area contributed by atoms with Gasteiger partial charge >= 0.3 is 5.97 Å². The molecule has 212 valence electrons. The molecule has 1 aliphatic heterocycles. The summed E-state index contributed by atoms with van der Waals surface area (Å²) in [5, 5.41) is 3.93. The molecule has 1 fully saturated rings. The van der Waals surface area contributed by atoms with Gasteiger partial charge in [0.25, 0.3) is 15.9 Å². The molecule has 1 N–H and O–H groups in total. The minimum atomic E-state index is -4.01. The number of carbonyl (C=O) groups is 2. The van der Waals surface area contributed by atoms with Crippen molar-refractivity contribution in [2.45, 2.75) is 24.8 Å². The van der Waals surface area contributed by atoms with Gasteiger partial charge in [0.1, 0.15) is 11.0 Å². The van der Waals surface area contributed by atoms with Crippen LogP contribution in [0.3, 0.4) is 0 Å². The fraction of sp³-hybridized carbons (Fsp3) is 0.250. The predicted octanol–water partition coefficient (Wildman–Crippen LogP) is 2.98. The van der Waals surface area contributed by atoms with Gasteiger partial charge in [0.05, 0.1) is 37.7 Å². The summed E-state index contributed by atoms with van der Waals surface area (Å²) in [6.45, 7) is 4.44. The molecule has 0 bridgehead atoms. The molecular formula is C28H28N6O6S. The first-order valence-electron chi connectivity index (χ1n) is 12.7. The first-order chi connectivity index (χ1) is 19.5. The summed E-state index contributed by atoms with van der Waals surface area (Å²) in [4.78, 5) is 35.2. The number of aryl methyl sites for hydroxylation is 3. The molecule has 0 radical (unpaired) electrons. The van der Waals surface area contributed by atoms with Crippen LogP contribution in [-0.2, 0) is 21.8 Å². The highest BCUT2D eigenvalue weighted by atomic mass is 32.2. The van der Waals surface area contributed by atoms with Crippen LogP contribution in [0.15, 0.2) is 65.8 Å². The molecule has 13 heteroatoms. The Balaban J connectivity index is 1.38. The third-order valence-corrected chi connectivity index (χ3v) is 7.89. The van der Waals surface area contributed by atoms with E-state index in [1.165, 1.54) is 30.3 Å². The van der Waals surface area contributed by atoms with Gasteiger partial charge in [0.2, 0.25) is 11.8 Å². The fourth-order valence-electron chi connectivity index (χ4n) is 4.52. The maximum Gasteiger partial charge on any atom is 0.337 e. The Morgan fingerprint density at radius 1 is 1.00 bits per heavy atom. The minimum absolute atomic E-state index is 0.0343. The van der Waals surface area contributed by atoms with Gasteiger partial charge in [0, 0.05) is 30.4 Å². The number of ether oxygens (including phenoxy) is 2. The fourth-order valence-corrected chi connectivity index (χ4v) is 5.45. The molecule has 5 rings (SSSR count). The molecule has 12 nitrogen and oxygen atoms in total. The van der Waals surface area contributed by atoms with E-state index in [2.05, 4.69) is 19.8 Å². The number of aromatic nitrogens is 4. The van der Waals surface area contributed by atoms with Gasteiger partial charge in [-0.15, -0.1) is 0 Å². The lowest BCUT2D eigenvalue weighted by atomic mass is 10.00. The molecule has 1 aliphatic rings. The summed E-state index contributed by atoms with van der Waals surface area (Å²) in [5.74, 6) is -0.774. The molecular weight excluding hydrogens is 548 g/mol. The van der Waals surface area contributed by atoms with Crippen molar-refractivity contribution in [3.63, 3.8) is 0 Å². The van der Waals surface area contributed by atoms with Crippen molar-refractivity contribution in [3.8, 4) is 17.1 Å². The number of benzene rings is 2. The van der Waals surface area contributed by atoms with Gasteiger partial charge in [-0.1, -0.05) is 24.3 Å². The second-order valence-electron chi connectivity index (χ2n) is 9.66. The molecule has 1 amide bonds. The van der Waals surface area contributed by atoms with Crippen molar-refractivity contribution in [1.82, 2.24) is 24.6 Å². The number of nitrogens with zero attached hydrogens (tertiary/aromatic N) is 5. The van der Waals surface area contributed by atoms with E-state index in [-0.39, 0.29) is 47.4 Å². The number of esters is 1. The summed E-state index contributed by atoms with van der Waals surface area (Å²) in [7, 11) is -1.11. The molecule has 4 aromatic rings. The molecule has 3 heterocycles. The lowest BCUT2D eigenvalue weighted by Crippen LogP contribution is -2.56. The second kappa shape index (κ2) is 11.0. The largest absolute Gasteiger partial charge is 0.470 e. The van der Waals surface area contributed by atoms with Crippen LogP contribution in [-0.4, -0.2) is 71.2 Å². The smallest absolute Gasteiger partial charge is 0.337 e. The summed E-state index contributed by atoms with van der Waals surface area (Å²) in [5.41, 5.74) is 3.86. The van der Waals surface area contributed by atoms with Crippen LogP contribution in [0, 0.1) is 13.8 Å². The zero-order valence-electron chi connectivity index (χ0n) is 22.9. The topological polar surface area (TPSA) is 146 Å². The van der Waals surface area contributed by atoms with Gasteiger partial charge in [-0.05, 0) is 43.2 Å². The van der Waals surface area contributed by atoms with Crippen LogP contribution < -0.4 is 9.46 Å². The van der Waals surface area contributed by atoms with Gasteiger partial charge in [-0.25, -0.2) is 22.9 Å². The Kier molecular flexibility index (Phi) is 7.45. The Labute approximate surface area is 237 Å². The maximum absolute atomic E-state index is 13.0. The second-order valence-corrected chi connectivity index (χ2v) is 11.3. The number of hydrogen-bond donors (Lipinski definition) is 1. The predicted molar refractivity (Wildman–Crippen MR) is 149 cm³/mol. The Morgan fingerprint density at radius 3 is 2.34 bits per heavy atom. The summed E-state index contributed by atoms with van der Waals surface area (Å²) in [6, 6.07) is 13.8. The summed E-state index contributed by atoms with van der Waals surface area (Å²) >= 11 is 0. The quantitative estimate of drug-likeness (QED) is 0.313. The molecule has 0 saturated carbocycles. The van der Waals surface area contributed by atoms with Crippen LogP contribution in [0.25, 0.3) is 11.3 Å². The van der Waals surface area contributed by atoms with E-state index >= 15 is 0 Å². The average molecular weight is 577 g/mol. The molecule has 2 aromatic carbocycles. The van der Waals surface area contributed by atoms with Crippen LogP contribution >= 0.6 is 0 Å². The lowest BCUT2D eigenvalue weighted by molar-refractivity contribution is 0.0160. The molecule has 0 atom stereocenters. The number of likely N-dealkylation sites (tertiary alicyclic amines) is 1. The SMILES string of the molecule is COC(=O)c1cccc(C(=O)N2CC(Oc3cc(-c4c(C)cccc4C)nc(NS(=O)(=O)c4cnn(C)c4)n3)C2)c1. The van der Waals surface area contributed by atoms with E-state index in [1.807, 2.05) is 32.0 Å². The van der Waals surface area contributed by atoms with E-state index < -0.39 is 16.0 Å². The zero-order valence-corrected chi connectivity index (χ0v) is 23.7. The normalized spacial score (nSPS) is 13.4. The number of sulfonamides is 1. The molecule has 1 saturated heterocycles. The van der Waals surface area contributed by atoms with E-state index in [0.717, 1.165) is 16.7 Å². The first kappa shape index (κ1) is 27.8. The van der Waals surface area contributed by atoms with Crippen molar-refractivity contribution >= 4 is 27.8 Å². The number of carbonyl (C=O) groups excluding carboxylic acids is 2. The average Bonchev–Trinajstić information content (AvgIpc) is 3.36. The van der Waals surface area contributed by atoms with Crippen molar-refractivity contribution in [2.24, 2.45) is 7.05 Å². The van der Waals surface area contributed by atoms with Crippen molar-refractivity contribution < 1.29 is 27.5 Å². The lowest BCUT2D eigenvalue weighted by Gasteiger charge is -2.38. The number of nitrogens with one attached hydrogen (secondary N) is 1. The molecule has 41 heavy (non-hydrogen) atoms. The van der Waals surface area contributed by atoms with Gasteiger partial charge in [0.15, 0.2) is 0 Å². The van der Waals surface area contributed by atoms with Crippen LogP contribution in [0.5, 0.6) is 5.88 Å². The highest BCUT2D eigenvalue weighted by molar-refractivity contribution is 7.92. The van der Waals surface area contributed by atoms with E-state index in [0.29, 0.717) is 11.3 Å². The number of anilines is 1. The summed E-state index contributed by atoms with van der Waals surface area (Å²) in [6.07, 6.45) is 2.22. The Hall–Kier alpha value is -4.78. The van der Waals surface area contributed by atoms with Crippen molar-refractivity contribution in [3.05, 3.63) is 83.2 Å². The molecule has 0 aliphatic carbocycles. The van der Waals surface area contributed by atoms with Crippen molar-refractivity contribution in [1.29, 1.82) is 0 Å². The third-order valence-electron chi connectivity index (χ3n) is 6.61. The monoisotopic (exact) mass is 576 g/mol. The van der Waals surface area contributed by atoms with Crippen LogP contribution in [0.4, 0.5) is 5.95 Å². The van der Waals surface area contributed by atoms with Crippen LogP contribution in [0.1, 0.15) is 31.8 Å². The highest BCUT2D eigenvalue weighted by Gasteiger charge is 2.34. The van der Waals surface area contributed by atoms with Gasteiger partial charge in [-0.2, -0.15) is 10.1 Å². The van der Waals surface area contributed by atoms with Crippen molar-refractivity contribution in [2.75, 3.05) is 24.9 Å². The number of hydrogen-bond acceptors (Lipinski definition) is 9. The van der Waals surface area contributed by atoms with E-state index in [1.54, 1.807) is 36.2 Å². The molecule has 0 unspecified atom stereocenters. The van der Waals surface area contributed by atoms with Gasteiger partial charge < -0.3 is 14.4 Å². The molecule has 2 aromatic heterocycles. The highest BCUT2D eigenvalue weighted by Crippen LogP contribution is 2.30. The summed E-state index contributed by atoms with van der Waals surface area (Å²) < 4.78 is 40.6. The Morgan fingerprint density at radius 2 is 1.68 bits per heavy atom. The van der Waals surface area contributed by atoms with Gasteiger partial charge in [-0.3, -0.25) is 9.48 Å². The minimum Gasteiger partial charge on any atom is -0.470 e. The Bertz CT molecular complexity index is 1730. The maximum atomic E-state index is 13.0. The molecule has 0 spiro atoms. The van der Waals surface area contributed by atoms with E-state index in [9.17, 15) is 18.0 Å². The van der Waals surface area contributed by atoms with E-state index in [4.69, 9.17) is 9.47 Å². The number of amides is 1. The van der Waals surface area contributed by atoms with Crippen LogP contribution in [0.2, 0.25) is 0 Å². The third kappa shape index (κ3) is 5.89.